The van der Waals surface area contributed by atoms with Gasteiger partial charge in [0, 0.05) is 43.3 Å². The van der Waals surface area contributed by atoms with Crippen molar-refractivity contribution < 1.29 is 8.53 Å². The fourth-order valence-corrected chi connectivity index (χ4v) is 14.4. The lowest BCUT2D eigenvalue weighted by atomic mass is 9.33. The molecule has 0 radical (unpaired) electrons. The van der Waals surface area contributed by atoms with Gasteiger partial charge in [0.2, 0.25) is 0 Å². The monoisotopic (exact) mass is 900 g/mol. The first-order valence-corrected chi connectivity index (χ1v) is 25.7. The molecule has 0 amide bonds. The highest BCUT2D eigenvalue weighted by Gasteiger charge is 2.50. The van der Waals surface area contributed by atoms with Crippen LogP contribution in [0.3, 0.4) is 0 Å². The molecular weight excluding hydrogens is 824 g/mol. The van der Waals surface area contributed by atoms with Crippen LogP contribution in [0.1, 0.15) is 185 Å². The van der Waals surface area contributed by atoms with Gasteiger partial charge in [0.25, 0.3) is 6.71 Å². The Labute approximate surface area is 412 Å². The Balaban J connectivity index is 1.26. The number of aryl methyl sites for hydroxylation is 1. The Bertz CT molecular complexity index is 3460. The largest absolute Gasteiger partial charge is 0.454 e. The standard InChI is InChI=1S/C64H73BN2O/c1-37-29-52-56-53(30-37)67(49-24-23-41(58(2,3)4)55-39-19-17-18-20-54(39)68-57(49)55)51-35-46-44(63(13,14)36-64(46,15)16)33-48(51)65(56)47-32-43-45(62(11,12)28-27-61(43,9)10)34-50(47)66(52)38-21-22-40-42(31-38)60(7,8)26-25-59(40,5)6/h17-24,29-35H,25-28,36H2,1-16H3/i1D3. The summed E-state index contributed by atoms with van der Waals surface area (Å²) in [5.41, 5.74) is 21.0. The molecule has 1 aromatic heterocycles. The molecule has 3 heterocycles. The number of hydrogen-bond acceptors (Lipinski definition) is 3. The summed E-state index contributed by atoms with van der Waals surface area (Å²) in [6.45, 7) is 33.3. The quantitative estimate of drug-likeness (QED) is 0.161. The molecule has 6 aromatic carbocycles. The summed E-state index contributed by atoms with van der Waals surface area (Å²) in [6, 6.07) is 34.5. The molecule has 7 aromatic rings. The third kappa shape index (κ3) is 6.03. The fourth-order valence-electron chi connectivity index (χ4n) is 14.4. The third-order valence-electron chi connectivity index (χ3n) is 18.2. The maximum atomic E-state index is 9.28. The Morgan fingerprint density at radius 2 is 1.03 bits per heavy atom. The van der Waals surface area contributed by atoms with Crippen molar-refractivity contribution in [2.24, 2.45) is 0 Å². The van der Waals surface area contributed by atoms with E-state index in [1.54, 1.807) is 0 Å². The number of para-hydroxylation sites is 1. The van der Waals surface area contributed by atoms with Gasteiger partial charge < -0.3 is 14.2 Å². The average molecular weight is 900 g/mol. The third-order valence-corrected chi connectivity index (χ3v) is 18.2. The average Bonchev–Trinajstić information content (AvgIpc) is 3.75. The van der Waals surface area contributed by atoms with Gasteiger partial charge in [-0.3, -0.25) is 0 Å². The number of benzene rings is 6. The Morgan fingerprint density at radius 3 is 1.63 bits per heavy atom. The van der Waals surface area contributed by atoms with Gasteiger partial charge in [0.15, 0.2) is 5.58 Å². The van der Waals surface area contributed by atoms with Crippen molar-refractivity contribution in [1.29, 1.82) is 0 Å². The van der Waals surface area contributed by atoms with E-state index >= 15 is 0 Å². The molecule has 0 spiro atoms. The van der Waals surface area contributed by atoms with Crippen LogP contribution < -0.4 is 26.2 Å². The van der Waals surface area contributed by atoms with Crippen LogP contribution in [0.25, 0.3) is 21.9 Å². The predicted octanol–water partition coefficient (Wildman–Crippen LogP) is 15.9. The lowest BCUT2D eigenvalue weighted by Gasteiger charge is -2.48. The topological polar surface area (TPSA) is 19.6 Å². The number of hydrogen-bond donors (Lipinski definition) is 0. The van der Waals surface area contributed by atoms with Crippen LogP contribution in [0.4, 0.5) is 34.1 Å². The molecule has 0 bridgehead atoms. The molecule has 12 rings (SSSR count). The van der Waals surface area contributed by atoms with Crippen LogP contribution >= 0.6 is 0 Å². The molecule has 68 heavy (non-hydrogen) atoms. The summed E-state index contributed by atoms with van der Waals surface area (Å²) in [5, 5.41) is 2.20. The molecule has 0 saturated carbocycles. The first kappa shape index (κ1) is 40.7. The molecule has 2 aliphatic heterocycles. The molecular formula is C64H73BN2O. The second-order valence-electron chi connectivity index (χ2n) is 26.8. The van der Waals surface area contributed by atoms with Gasteiger partial charge in [-0.1, -0.05) is 146 Å². The molecule has 0 unspecified atom stereocenters. The van der Waals surface area contributed by atoms with Gasteiger partial charge in [-0.05, 0) is 186 Å². The second-order valence-corrected chi connectivity index (χ2v) is 26.8. The Morgan fingerprint density at radius 1 is 0.515 bits per heavy atom. The van der Waals surface area contributed by atoms with Gasteiger partial charge in [0.1, 0.15) is 5.58 Å². The minimum absolute atomic E-state index is 0.0300. The zero-order valence-corrected chi connectivity index (χ0v) is 43.6. The molecule has 4 heteroatoms. The highest BCUT2D eigenvalue weighted by atomic mass is 16.3. The number of furan rings is 1. The summed E-state index contributed by atoms with van der Waals surface area (Å²) in [5.74, 6) is 0. The van der Waals surface area contributed by atoms with E-state index < -0.39 is 6.85 Å². The van der Waals surface area contributed by atoms with Crippen molar-refractivity contribution in [1.82, 2.24) is 0 Å². The molecule has 0 saturated heterocycles. The lowest BCUT2D eigenvalue weighted by Crippen LogP contribution is -2.62. The summed E-state index contributed by atoms with van der Waals surface area (Å²) in [4.78, 5) is 4.91. The van der Waals surface area contributed by atoms with E-state index in [4.69, 9.17) is 4.42 Å². The predicted molar refractivity (Wildman–Crippen MR) is 292 cm³/mol. The van der Waals surface area contributed by atoms with Crippen molar-refractivity contribution in [3.8, 4) is 0 Å². The van der Waals surface area contributed by atoms with Gasteiger partial charge in [-0.25, -0.2) is 0 Å². The summed E-state index contributed by atoms with van der Waals surface area (Å²) in [6.07, 6.45) is 5.47. The molecule has 3 nitrogen and oxygen atoms in total. The SMILES string of the molecule is [2H]C([2H])([2H])c1cc2c3c(c1)N(c1ccc(C(C)(C)C)c4c1oc1ccccc14)c1cc4c(cc1B3c1cc3c(cc1N2c1ccc2c(c1)C(C)(C)CCC2(C)C)C(C)(C)CCC3(C)C)C(C)(C)CC4(C)C. The minimum Gasteiger partial charge on any atom is -0.454 e. The van der Waals surface area contributed by atoms with Gasteiger partial charge in [-0.2, -0.15) is 0 Å². The Hall–Kier alpha value is -5.22. The number of rotatable bonds is 2. The van der Waals surface area contributed by atoms with Gasteiger partial charge in [0.05, 0.1) is 5.69 Å². The van der Waals surface area contributed by atoms with Crippen molar-refractivity contribution in [2.75, 3.05) is 9.80 Å². The van der Waals surface area contributed by atoms with E-state index in [2.05, 4.69) is 193 Å². The van der Waals surface area contributed by atoms with Crippen molar-refractivity contribution in [3.05, 3.63) is 136 Å². The zero-order chi connectivity index (χ0) is 50.7. The summed E-state index contributed by atoms with van der Waals surface area (Å²) in [7, 11) is 0. The van der Waals surface area contributed by atoms with Crippen LogP contribution in [0.5, 0.6) is 0 Å². The van der Waals surface area contributed by atoms with Crippen molar-refractivity contribution >= 4 is 79.2 Å². The molecule has 0 N–H and O–H groups in total. The molecule has 5 aliphatic rings. The molecule has 0 atom stereocenters. The highest BCUT2D eigenvalue weighted by molar-refractivity contribution is 7.00. The van der Waals surface area contributed by atoms with E-state index in [1.165, 1.54) is 49.9 Å². The first-order chi connectivity index (χ1) is 32.9. The molecule has 3 aliphatic carbocycles. The van der Waals surface area contributed by atoms with Gasteiger partial charge in [-0.15, -0.1) is 0 Å². The number of anilines is 6. The minimum atomic E-state index is -2.39. The van der Waals surface area contributed by atoms with Crippen LogP contribution in [-0.4, -0.2) is 6.71 Å². The van der Waals surface area contributed by atoms with Crippen LogP contribution in [0, 0.1) is 6.85 Å². The molecule has 348 valence electrons. The maximum Gasteiger partial charge on any atom is 0.252 e. The number of nitrogens with zero attached hydrogens (tertiary/aromatic N) is 2. The maximum absolute atomic E-state index is 9.28. The lowest BCUT2D eigenvalue weighted by molar-refractivity contribution is 0.332. The number of fused-ring (bicyclic) bond motifs is 10. The van der Waals surface area contributed by atoms with E-state index in [9.17, 15) is 4.11 Å². The summed E-state index contributed by atoms with van der Waals surface area (Å²) < 4.78 is 35.0. The molecule has 0 fully saturated rings. The van der Waals surface area contributed by atoms with Crippen LogP contribution in [0.15, 0.2) is 95.4 Å². The fraction of sp³-hybridized carbons (Fsp3) is 0.438. The van der Waals surface area contributed by atoms with Crippen molar-refractivity contribution in [3.63, 3.8) is 0 Å². The highest BCUT2D eigenvalue weighted by Crippen LogP contribution is 2.56. The van der Waals surface area contributed by atoms with Crippen molar-refractivity contribution in [2.45, 2.75) is 181 Å². The van der Waals surface area contributed by atoms with E-state index in [0.717, 1.165) is 93.6 Å². The van der Waals surface area contributed by atoms with Crippen LogP contribution in [-0.2, 0) is 37.9 Å². The van der Waals surface area contributed by atoms with Crippen LogP contribution in [0.2, 0.25) is 0 Å². The smallest absolute Gasteiger partial charge is 0.252 e. The summed E-state index contributed by atoms with van der Waals surface area (Å²) >= 11 is 0. The zero-order valence-electron chi connectivity index (χ0n) is 46.6. The van der Waals surface area contributed by atoms with Gasteiger partial charge >= 0.3 is 0 Å². The Kier molecular flexibility index (Phi) is 8.10. The first-order valence-electron chi connectivity index (χ1n) is 27.2. The normalized spacial score (nSPS) is 21.5. The van der Waals surface area contributed by atoms with E-state index in [-0.39, 0.29) is 44.6 Å². The van der Waals surface area contributed by atoms with E-state index in [1.807, 2.05) is 12.1 Å². The van der Waals surface area contributed by atoms with E-state index in [0.29, 0.717) is 5.56 Å². The second kappa shape index (κ2) is 13.6.